The monoisotopic (exact) mass is 367 g/mol. The molecule has 15 heavy (non-hydrogen) atoms. The molecule has 0 aliphatic carbocycles. The van der Waals surface area contributed by atoms with Crippen LogP contribution in [0.2, 0.25) is 0 Å². The predicted octanol–water partition coefficient (Wildman–Crippen LogP) is 3.73. The minimum Gasteiger partial charge on any atom is -0.311 e. The highest BCUT2D eigenvalue weighted by molar-refractivity contribution is 9.13. The summed E-state index contributed by atoms with van der Waals surface area (Å²) in [5.41, 5.74) is 0. The summed E-state index contributed by atoms with van der Waals surface area (Å²) in [6, 6.07) is 2.14. The Labute approximate surface area is 116 Å². The van der Waals surface area contributed by atoms with E-state index in [1.54, 1.807) is 23.1 Å². The van der Waals surface area contributed by atoms with E-state index < -0.39 is 0 Å². The van der Waals surface area contributed by atoms with Crippen molar-refractivity contribution in [2.45, 2.75) is 6.54 Å². The fourth-order valence-electron chi connectivity index (χ4n) is 0.966. The van der Waals surface area contributed by atoms with Crippen molar-refractivity contribution in [3.63, 3.8) is 0 Å². The van der Waals surface area contributed by atoms with Gasteiger partial charge >= 0.3 is 0 Å². The van der Waals surface area contributed by atoms with Crippen molar-refractivity contribution in [2.24, 2.45) is 0 Å². The van der Waals surface area contributed by atoms with Crippen LogP contribution in [0, 0.1) is 12.3 Å². The second-order valence-electron chi connectivity index (χ2n) is 2.77. The third-order valence-electron chi connectivity index (χ3n) is 1.60. The first-order chi connectivity index (χ1) is 7.24. The van der Waals surface area contributed by atoms with Crippen LogP contribution in [0.25, 0.3) is 0 Å². The first-order valence-electron chi connectivity index (χ1n) is 4.39. The van der Waals surface area contributed by atoms with Gasteiger partial charge in [0, 0.05) is 28.2 Å². The van der Waals surface area contributed by atoms with Crippen LogP contribution < -0.4 is 5.32 Å². The largest absolute Gasteiger partial charge is 0.311 e. The molecule has 0 bridgehead atoms. The lowest BCUT2D eigenvalue weighted by molar-refractivity contribution is 0.741. The standard InChI is InChI=1S/C10H11Br2NS2/c1-2-4-14-5-3-13-7-8-6-9(11)10(12)15-8/h1,6,13H,3-5,7H2. The van der Waals surface area contributed by atoms with E-state index in [-0.39, 0.29) is 0 Å². The molecule has 0 radical (unpaired) electrons. The van der Waals surface area contributed by atoms with Crippen molar-refractivity contribution in [3.8, 4) is 12.3 Å². The average Bonchev–Trinajstić information content (AvgIpc) is 2.52. The van der Waals surface area contributed by atoms with Crippen LogP contribution in [-0.4, -0.2) is 18.1 Å². The zero-order chi connectivity index (χ0) is 11.1. The van der Waals surface area contributed by atoms with Crippen LogP contribution in [0.3, 0.4) is 0 Å². The van der Waals surface area contributed by atoms with E-state index in [1.165, 1.54) is 4.88 Å². The van der Waals surface area contributed by atoms with Gasteiger partial charge in [0.15, 0.2) is 0 Å². The smallest absolute Gasteiger partial charge is 0.0843 e. The molecule has 1 aromatic rings. The fraction of sp³-hybridized carbons (Fsp3) is 0.400. The van der Waals surface area contributed by atoms with Gasteiger partial charge in [-0.2, -0.15) is 0 Å². The van der Waals surface area contributed by atoms with Gasteiger partial charge in [0.1, 0.15) is 0 Å². The first kappa shape index (κ1) is 13.6. The normalized spacial score (nSPS) is 10.2. The van der Waals surface area contributed by atoms with Gasteiger partial charge in [0.25, 0.3) is 0 Å². The zero-order valence-electron chi connectivity index (χ0n) is 8.06. The Bertz CT molecular complexity index is 324. The molecule has 82 valence electrons. The highest BCUT2D eigenvalue weighted by Gasteiger charge is 2.02. The summed E-state index contributed by atoms with van der Waals surface area (Å²) >= 11 is 10.5. The number of halogens is 2. The maximum atomic E-state index is 5.15. The zero-order valence-corrected chi connectivity index (χ0v) is 12.9. The maximum Gasteiger partial charge on any atom is 0.0843 e. The van der Waals surface area contributed by atoms with E-state index in [4.69, 9.17) is 6.42 Å². The molecule has 0 fully saturated rings. The quantitative estimate of drug-likeness (QED) is 0.606. The van der Waals surface area contributed by atoms with Gasteiger partial charge in [-0.25, -0.2) is 0 Å². The van der Waals surface area contributed by atoms with E-state index >= 15 is 0 Å². The highest BCUT2D eigenvalue weighted by atomic mass is 79.9. The Hall–Kier alpha value is 0.530. The van der Waals surface area contributed by atoms with Gasteiger partial charge in [-0.05, 0) is 37.9 Å². The molecule has 5 heteroatoms. The Morgan fingerprint density at radius 2 is 2.33 bits per heavy atom. The van der Waals surface area contributed by atoms with Gasteiger partial charge in [-0.15, -0.1) is 29.5 Å². The molecule has 1 aromatic heterocycles. The summed E-state index contributed by atoms with van der Waals surface area (Å²) in [6.07, 6.45) is 5.15. The SMILES string of the molecule is C#CCSCCNCc1cc(Br)c(Br)s1. The van der Waals surface area contributed by atoms with Crippen LogP contribution >= 0.6 is 55.0 Å². The molecule has 0 aliphatic rings. The second kappa shape index (κ2) is 7.75. The molecular weight excluding hydrogens is 358 g/mol. The Kier molecular flexibility index (Phi) is 7.02. The Morgan fingerprint density at radius 1 is 1.53 bits per heavy atom. The van der Waals surface area contributed by atoms with Crippen LogP contribution in [-0.2, 0) is 6.54 Å². The molecule has 0 aromatic carbocycles. The van der Waals surface area contributed by atoms with Gasteiger partial charge in [0.05, 0.1) is 9.54 Å². The van der Waals surface area contributed by atoms with Crippen molar-refractivity contribution < 1.29 is 0 Å². The molecule has 1 heterocycles. The van der Waals surface area contributed by atoms with Crippen molar-refractivity contribution in [1.29, 1.82) is 0 Å². The molecular formula is C10H11Br2NS2. The minimum atomic E-state index is 0.803. The number of rotatable bonds is 6. The Morgan fingerprint density at radius 3 is 2.93 bits per heavy atom. The molecule has 0 aliphatic heterocycles. The average molecular weight is 369 g/mol. The predicted molar refractivity (Wildman–Crippen MR) is 77.6 cm³/mol. The lowest BCUT2D eigenvalue weighted by atomic mass is 10.4. The van der Waals surface area contributed by atoms with Gasteiger partial charge in [0.2, 0.25) is 0 Å². The minimum absolute atomic E-state index is 0.803. The van der Waals surface area contributed by atoms with Crippen LogP contribution in [0.5, 0.6) is 0 Å². The Balaban J connectivity index is 2.13. The molecule has 0 spiro atoms. The molecule has 1 rings (SSSR count). The molecule has 1 nitrogen and oxygen atoms in total. The molecule has 0 saturated heterocycles. The van der Waals surface area contributed by atoms with Crippen molar-refractivity contribution in [1.82, 2.24) is 5.32 Å². The van der Waals surface area contributed by atoms with Crippen molar-refractivity contribution >= 4 is 55.0 Å². The van der Waals surface area contributed by atoms with E-state index in [9.17, 15) is 0 Å². The third kappa shape index (κ3) is 5.41. The summed E-state index contributed by atoms with van der Waals surface area (Å²) in [6.45, 7) is 1.92. The van der Waals surface area contributed by atoms with E-state index in [1.807, 2.05) is 0 Å². The second-order valence-corrected chi connectivity index (χ2v) is 7.18. The summed E-state index contributed by atoms with van der Waals surface area (Å²) in [7, 11) is 0. The topological polar surface area (TPSA) is 12.0 Å². The fourth-order valence-corrected chi connectivity index (χ4v) is 3.66. The van der Waals surface area contributed by atoms with E-state index in [0.717, 1.165) is 32.9 Å². The number of terminal acetylenes is 1. The van der Waals surface area contributed by atoms with E-state index in [2.05, 4.69) is 49.2 Å². The molecule has 0 atom stereocenters. The number of thioether (sulfide) groups is 1. The lowest BCUT2D eigenvalue weighted by Crippen LogP contribution is -2.15. The molecule has 1 N–H and O–H groups in total. The van der Waals surface area contributed by atoms with Gasteiger partial charge in [-0.3, -0.25) is 0 Å². The summed E-state index contributed by atoms with van der Waals surface area (Å²) in [4.78, 5) is 1.33. The van der Waals surface area contributed by atoms with Crippen molar-refractivity contribution in [2.75, 3.05) is 18.1 Å². The highest BCUT2D eigenvalue weighted by Crippen LogP contribution is 2.32. The summed E-state index contributed by atoms with van der Waals surface area (Å²) in [5.74, 6) is 4.48. The maximum absolute atomic E-state index is 5.15. The molecule has 0 unspecified atom stereocenters. The number of nitrogens with one attached hydrogen (secondary N) is 1. The summed E-state index contributed by atoms with van der Waals surface area (Å²) in [5, 5.41) is 3.38. The molecule has 0 amide bonds. The van der Waals surface area contributed by atoms with Crippen LogP contribution in [0.4, 0.5) is 0 Å². The van der Waals surface area contributed by atoms with Crippen LogP contribution in [0.1, 0.15) is 4.88 Å². The van der Waals surface area contributed by atoms with Gasteiger partial charge < -0.3 is 5.32 Å². The number of hydrogen-bond donors (Lipinski definition) is 1. The van der Waals surface area contributed by atoms with Crippen LogP contribution in [0.15, 0.2) is 14.3 Å². The molecule has 0 saturated carbocycles. The summed E-state index contributed by atoms with van der Waals surface area (Å²) < 4.78 is 2.28. The lowest BCUT2D eigenvalue weighted by Gasteiger charge is -2.00. The van der Waals surface area contributed by atoms with Gasteiger partial charge in [-0.1, -0.05) is 5.92 Å². The third-order valence-corrected chi connectivity index (χ3v) is 5.72. The van der Waals surface area contributed by atoms with E-state index in [0.29, 0.717) is 0 Å². The van der Waals surface area contributed by atoms with Crippen molar-refractivity contribution in [3.05, 3.63) is 19.2 Å². The number of thiophene rings is 1. The number of hydrogen-bond acceptors (Lipinski definition) is 3. The first-order valence-corrected chi connectivity index (χ1v) is 7.95.